The molecule has 4 nitrogen and oxygen atoms in total. The molecule has 0 aliphatic heterocycles. The van der Waals surface area contributed by atoms with Crippen molar-refractivity contribution < 1.29 is 9.15 Å². The van der Waals surface area contributed by atoms with Gasteiger partial charge < -0.3 is 14.9 Å². The lowest BCUT2D eigenvalue weighted by Gasteiger charge is -2.05. The topological polar surface area (TPSA) is 61.3 Å². The summed E-state index contributed by atoms with van der Waals surface area (Å²) < 4.78 is 10.2. The molecule has 0 aliphatic rings. The molecule has 0 bridgehead atoms. The number of nitrogen functional groups attached to an aromatic ring is 1. The van der Waals surface area contributed by atoms with Crippen LogP contribution in [0, 0.1) is 6.92 Å². The Bertz CT molecular complexity index is 477. The monoisotopic (exact) mass is 204 g/mol. The van der Waals surface area contributed by atoms with Crippen molar-refractivity contribution in [3.05, 3.63) is 30.4 Å². The van der Waals surface area contributed by atoms with Crippen LogP contribution in [0.1, 0.15) is 5.76 Å². The number of oxazole rings is 1. The summed E-state index contributed by atoms with van der Waals surface area (Å²) in [6.07, 6.45) is 1.42. The summed E-state index contributed by atoms with van der Waals surface area (Å²) in [4.78, 5) is 4.12. The van der Waals surface area contributed by atoms with E-state index in [-0.39, 0.29) is 0 Å². The van der Waals surface area contributed by atoms with Crippen LogP contribution in [0.3, 0.4) is 0 Å². The van der Waals surface area contributed by atoms with Gasteiger partial charge in [0, 0.05) is 5.56 Å². The zero-order chi connectivity index (χ0) is 10.8. The molecule has 0 aliphatic carbocycles. The molecule has 4 heteroatoms. The van der Waals surface area contributed by atoms with Crippen LogP contribution < -0.4 is 10.5 Å². The number of nitrogens with zero attached hydrogens (tertiary/aromatic N) is 1. The predicted molar refractivity (Wildman–Crippen MR) is 57.6 cm³/mol. The highest BCUT2D eigenvalue weighted by atomic mass is 16.5. The second-order valence-corrected chi connectivity index (χ2v) is 3.21. The molecule has 1 aromatic heterocycles. The number of aryl methyl sites for hydroxylation is 1. The van der Waals surface area contributed by atoms with Crippen LogP contribution >= 0.6 is 0 Å². The Morgan fingerprint density at radius 1 is 1.40 bits per heavy atom. The molecule has 2 rings (SSSR count). The first-order valence-corrected chi connectivity index (χ1v) is 4.56. The Labute approximate surface area is 87.7 Å². The Morgan fingerprint density at radius 2 is 2.20 bits per heavy atom. The van der Waals surface area contributed by atoms with Crippen LogP contribution in [-0.4, -0.2) is 12.1 Å². The van der Waals surface area contributed by atoms with Crippen molar-refractivity contribution >= 4 is 5.69 Å². The molecular weight excluding hydrogens is 192 g/mol. The third-order valence-corrected chi connectivity index (χ3v) is 2.25. The number of nitrogens with two attached hydrogens (primary N) is 1. The summed E-state index contributed by atoms with van der Waals surface area (Å²) in [5.74, 6) is 1.44. The maximum Gasteiger partial charge on any atom is 0.181 e. The maximum atomic E-state index is 5.80. The van der Waals surface area contributed by atoms with Crippen molar-refractivity contribution in [2.24, 2.45) is 0 Å². The Hall–Kier alpha value is -1.97. The molecular formula is C11H12N2O2. The van der Waals surface area contributed by atoms with E-state index in [1.165, 1.54) is 6.39 Å². The zero-order valence-corrected chi connectivity index (χ0v) is 8.65. The van der Waals surface area contributed by atoms with Gasteiger partial charge >= 0.3 is 0 Å². The fourth-order valence-electron chi connectivity index (χ4n) is 1.46. The number of aromatic nitrogens is 1. The number of hydrogen-bond donors (Lipinski definition) is 1. The van der Waals surface area contributed by atoms with E-state index in [9.17, 15) is 0 Å². The highest BCUT2D eigenvalue weighted by Gasteiger charge is 2.08. The van der Waals surface area contributed by atoms with E-state index in [0.29, 0.717) is 11.4 Å². The number of anilines is 1. The van der Waals surface area contributed by atoms with Gasteiger partial charge in [-0.3, -0.25) is 0 Å². The number of rotatable bonds is 2. The number of methoxy groups -OCH3 is 1. The molecule has 15 heavy (non-hydrogen) atoms. The van der Waals surface area contributed by atoms with Gasteiger partial charge in [0.2, 0.25) is 0 Å². The molecule has 0 unspecified atom stereocenters. The minimum atomic E-state index is 0.595. The van der Waals surface area contributed by atoms with Gasteiger partial charge in [0.1, 0.15) is 17.2 Å². The highest BCUT2D eigenvalue weighted by Crippen LogP contribution is 2.28. The fraction of sp³-hybridized carbons (Fsp3) is 0.182. The minimum absolute atomic E-state index is 0.595. The zero-order valence-electron chi connectivity index (χ0n) is 8.65. The average Bonchev–Trinajstić information content (AvgIpc) is 2.64. The van der Waals surface area contributed by atoms with Crippen LogP contribution in [0.25, 0.3) is 11.3 Å². The van der Waals surface area contributed by atoms with Gasteiger partial charge in [-0.25, -0.2) is 4.98 Å². The molecule has 2 N–H and O–H groups in total. The molecule has 0 spiro atoms. The molecule has 0 fully saturated rings. The van der Waals surface area contributed by atoms with Gasteiger partial charge in [0.05, 0.1) is 12.8 Å². The van der Waals surface area contributed by atoms with Gasteiger partial charge in [-0.15, -0.1) is 0 Å². The van der Waals surface area contributed by atoms with E-state index in [1.807, 2.05) is 25.1 Å². The van der Waals surface area contributed by atoms with Crippen molar-refractivity contribution in [1.29, 1.82) is 0 Å². The normalized spacial score (nSPS) is 10.3. The van der Waals surface area contributed by atoms with Gasteiger partial charge in [-0.2, -0.15) is 0 Å². The Morgan fingerprint density at radius 3 is 2.73 bits per heavy atom. The summed E-state index contributed by atoms with van der Waals surface area (Å²) in [6, 6.07) is 5.54. The first-order chi connectivity index (χ1) is 7.22. The summed E-state index contributed by atoms with van der Waals surface area (Å²) in [5, 5.41) is 0. The summed E-state index contributed by atoms with van der Waals surface area (Å²) in [6.45, 7) is 1.86. The third kappa shape index (κ3) is 1.66. The van der Waals surface area contributed by atoms with E-state index in [1.54, 1.807) is 7.11 Å². The van der Waals surface area contributed by atoms with Crippen LogP contribution in [0.15, 0.2) is 29.0 Å². The van der Waals surface area contributed by atoms with Gasteiger partial charge in [0.25, 0.3) is 0 Å². The molecule has 1 heterocycles. The lowest BCUT2D eigenvalue weighted by atomic mass is 10.1. The van der Waals surface area contributed by atoms with Crippen molar-refractivity contribution in [3.8, 4) is 17.0 Å². The lowest BCUT2D eigenvalue weighted by molar-refractivity contribution is 0.417. The van der Waals surface area contributed by atoms with E-state index < -0.39 is 0 Å². The Kier molecular flexibility index (Phi) is 2.33. The van der Waals surface area contributed by atoms with Gasteiger partial charge in [-0.1, -0.05) is 0 Å². The van der Waals surface area contributed by atoms with E-state index in [2.05, 4.69) is 4.98 Å². The summed E-state index contributed by atoms with van der Waals surface area (Å²) in [5.41, 5.74) is 8.14. The first kappa shape index (κ1) is 9.58. The first-order valence-electron chi connectivity index (χ1n) is 4.56. The van der Waals surface area contributed by atoms with Crippen molar-refractivity contribution in [1.82, 2.24) is 4.98 Å². The molecule has 0 saturated carbocycles. The van der Waals surface area contributed by atoms with E-state index >= 15 is 0 Å². The van der Waals surface area contributed by atoms with E-state index in [0.717, 1.165) is 17.0 Å². The summed E-state index contributed by atoms with van der Waals surface area (Å²) in [7, 11) is 1.59. The fourth-order valence-corrected chi connectivity index (χ4v) is 1.46. The van der Waals surface area contributed by atoms with Crippen molar-refractivity contribution in [2.45, 2.75) is 6.92 Å². The molecule has 2 aromatic rings. The lowest BCUT2D eigenvalue weighted by Crippen LogP contribution is -1.92. The average molecular weight is 204 g/mol. The van der Waals surface area contributed by atoms with Crippen LogP contribution in [0.2, 0.25) is 0 Å². The number of hydrogen-bond acceptors (Lipinski definition) is 4. The minimum Gasteiger partial charge on any atom is -0.495 e. The second kappa shape index (κ2) is 3.65. The van der Waals surface area contributed by atoms with Gasteiger partial charge in [0.15, 0.2) is 6.39 Å². The molecule has 0 radical (unpaired) electrons. The van der Waals surface area contributed by atoms with E-state index in [4.69, 9.17) is 14.9 Å². The van der Waals surface area contributed by atoms with Crippen LogP contribution in [-0.2, 0) is 0 Å². The number of ether oxygens (including phenoxy) is 1. The van der Waals surface area contributed by atoms with Gasteiger partial charge in [-0.05, 0) is 25.1 Å². The summed E-state index contributed by atoms with van der Waals surface area (Å²) >= 11 is 0. The number of benzene rings is 1. The predicted octanol–water partition coefficient (Wildman–Crippen LogP) is 2.24. The molecule has 0 amide bonds. The molecule has 0 saturated heterocycles. The molecule has 0 atom stereocenters. The quantitative estimate of drug-likeness (QED) is 0.762. The third-order valence-electron chi connectivity index (χ3n) is 2.25. The largest absolute Gasteiger partial charge is 0.495 e. The maximum absolute atomic E-state index is 5.80. The standard InChI is InChI=1S/C11H12N2O2/c1-7-11(13-6-15-7)8-3-4-10(14-2)9(12)5-8/h3-6H,12H2,1-2H3. The second-order valence-electron chi connectivity index (χ2n) is 3.21. The Balaban J connectivity index is 2.47. The van der Waals surface area contributed by atoms with Crippen molar-refractivity contribution in [2.75, 3.05) is 12.8 Å². The highest BCUT2D eigenvalue weighted by molar-refractivity contribution is 5.69. The van der Waals surface area contributed by atoms with Crippen molar-refractivity contribution in [3.63, 3.8) is 0 Å². The van der Waals surface area contributed by atoms with Crippen LogP contribution in [0.5, 0.6) is 5.75 Å². The smallest absolute Gasteiger partial charge is 0.181 e. The SMILES string of the molecule is COc1ccc(-c2ncoc2C)cc1N. The molecule has 78 valence electrons. The molecule has 1 aromatic carbocycles. The van der Waals surface area contributed by atoms with Crippen LogP contribution in [0.4, 0.5) is 5.69 Å².